The first-order chi connectivity index (χ1) is 8.81. The van der Waals surface area contributed by atoms with E-state index in [0.717, 1.165) is 5.56 Å². The summed E-state index contributed by atoms with van der Waals surface area (Å²) in [5, 5.41) is 2.98. The number of thioether (sulfide) groups is 1. The third-order valence-electron chi connectivity index (χ3n) is 2.73. The smallest absolute Gasteiger partial charge is 0.231 e. The number of nitrogens with zero attached hydrogens (tertiary/aromatic N) is 3. The highest BCUT2D eigenvalue weighted by molar-refractivity contribution is 8.01. The number of aromatic nitrogens is 3. The maximum Gasteiger partial charge on any atom is 0.231 e. The van der Waals surface area contributed by atoms with Gasteiger partial charge in [-0.05, 0) is 6.07 Å². The van der Waals surface area contributed by atoms with Crippen LogP contribution in [0.15, 0.2) is 43.1 Å². The molecule has 18 heavy (non-hydrogen) atoms. The van der Waals surface area contributed by atoms with Gasteiger partial charge in [0.1, 0.15) is 0 Å². The highest BCUT2D eigenvalue weighted by Crippen LogP contribution is 2.42. The lowest BCUT2D eigenvalue weighted by molar-refractivity contribution is -0.118. The summed E-state index contributed by atoms with van der Waals surface area (Å²) in [4.78, 5) is 23.4. The van der Waals surface area contributed by atoms with Crippen molar-refractivity contribution in [3.8, 4) is 0 Å². The van der Waals surface area contributed by atoms with E-state index in [2.05, 4.69) is 20.3 Å². The molecular weight excluding hydrogens is 248 g/mol. The molecule has 2 aromatic heterocycles. The van der Waals surface area contributed by atoms with Crippen molar-refractivity contribution < 1.29 is 4.79 Å². The van der Waals surface area contributed by atoms with Gasteiger partial charge in [-0.15, -0.1) is 11.8 Å². The number of pyridine rings is 1. The van der Waals surface area contributed by atoms with Gasteiger partial charge in [-0.1, -0.05) is 6.07 Å². The SMILES string of the molecule is O=C1CSC(c2cccnc2)(c2cnccn2)N1. The Kier molecular flexibility index (Phi) is 2.71. The Morgan fingerprint density at radius 3 is 2.72 bits per heavy atom. The molecule has 1 saturated heterocycles. The highest BCUT2D eigenvalue weighted by Gasteiger charge is 2.43. The fraction of sp³-hybridized carbons (Fsp3) is 0.167. The average Bonchev–Trinajstić information content (AvgIpc) is 2.84. The molecule has 0 aromatic carbocycles. The summed E-state index contributed by atoms with van der Waals surface area (Å²) in [7, 11) is 0. The first kappa shape index (κ1) is 11.2. The predicted molar refractivity (Wildman–Crippen MR) is 67.6 cm³/mol. The molecule has 1 fully saturated rings. The van der Waals surface area contributed by atoms with Gasteiger partial charge in [-0.3, -0.25) is 19.7 Å². The Morgan fingerprint density at radius 2 is 2.11 bits per heavy atom. The molecule has 0 aliphatic carbocycles. The van der Waals surface area contributed by atoms with Gasteiger partial charge in [0, 0.05) is 30.4 Å². The van der Waals surface area contributed by atoms with Crippen molar-refractivity contribution >= 4 is 17.7 Å². The molecule has 3 heterocycles. The molecule has 2 aromatic rings. The van der Waals surface area contributed by atoms with Crippen molar-refractivity contribution in [2.45, 2.75) is 4.87 Å². The predicted octanol–water partition coefficient (Wildman–Crippen LogP) is 0.936. The van der Waals surface area contributed by atoms with Crippen LogP contribution in [0.25, 0.3) is 0 Å². The van der Waals surface area contributed by atoms with Gasteiger partial charge in [-0.25, -0.2) is 0 Å². The minimum absolute atomic E-state index is 0.00509. The quantitative estimate of drug-likeness (QED) is 0.868. The van der Waals surface area contributed by atoms with E-state index in [0.29, 0.717) is 11.4 Å². The minimum Gasteiger partial charge on any atom is -0.332 e. The zero-order valence-corrected chi connectivity index (χ0v) is 10.2. The molecule has 1 unspecified atom stereocenters. The molecule has 3 rings (SSSR count). The summed E-state index contributed by atoms with van der Waals surface area (Å²) >= 11 is 1.50. The summed E-state index contributed by atoms with van der Waals surface area (Å²) in [6.07, 6.45) is 8.36. The number of nitrogens with one attached hydrogen (secondary N) is 1. The summed E-state index contributed by atoms with van der Waals surface area (Å²) in [6, 6.07) is 3.78. The molecule has 1 aliphatic heterocycles. The fourth-order valence-electron chi connectivity index (χ4n) is 1.94. The normalized spacial score (nSPS) is 22.8. The average molecular weight is 258 g/mol. The van der Waals surface area contributed by atoms with Gasteiger partial charge in [0.15, 0.2) is 4.87 Å². The molecule has 6 heteroatoms. The lowest BCUT2D eigenvalue weighted by Crippen LogP contribution is -2.39. The van der Waals surface area contributed by atoms with Crippen molar-refractivity contribution in [3.63, 3.8) is 0 Å². The number of hydrogen-bond acceptors (Lipinski definition) is 5. The molecular formula is C12H10N4OS. The van der Waals surface area contributed by atoms with Crippen LogP contribution in [0.5, 0.6) is 0 Å². The van der Waals surface area contributed by atoms with E-state index in [4.69, 9.17) is 0 Å². The van der Waals surface area contributed by atoms with Gasteiger partial charge >= 0.3 is 0 Å². The van der Waals surface area contributed by atoms with Crippen LogP contribution in [0.1, 0.15) is 11.3 Å². The molecule has 1 N–H and O–H groups in total. The van der Waals surface area contributed by atoms with Gasteiger partial charge in [0.25, 0.3) is 0 Å². The molecule has 1 amide bonds. The molecule has 0 saturated carbocycles. The number of hydrogen-bond donors (Lipinski definition) is 1. The van der Waals surface area contributed by atoms with Gasteiger partial charge < -0.3 is 5.32 Å². The standard InChI is InChI=1S/C12H10N4OS/c17-11-8-18-12(16-11,9-2-1-3-13-6-9)10-7-14-4-5-15-10/h1-7H,8H2,(H,16,17). The van der Waals surface area contributed by atoms with Gasteiger partial charge in [-0.2, -0.15) is 0 Å². The van der Waals surface area contributed by atoms with Crippen molar-refractivity contribution in [2.24, 2.45) is 0 Å². The second-order valence-corrected chi connectivity index (χ2v) is 5.04. The second-order valence-electron chi connectivity index (χ2n) is 3.85. The highest BCUT2D eigenvalue weighted by atomic mass is 32.2. The Balaban J connectivity index is 2.14. The van der Waals surface area contributed by atoms with E-state index in [9.17, 15) is 4.79 Å². The summed E-state index contributed by atoms with van der Waals surface area (Å²) in [6.45, 7) is 0. The Hall–Kier alpha value is -1.95. The molecule has 1 atom stereocenters. The van der Waals surface area contributed by atoms with E-state index < -0.39 is 4.87 Å². The van der Waals surface area contributed by atoms with Crippen LogP contribution in [0, 0.1) is 0 Å². The Morgan fingerprint density at radius 1 is 1.22 bits per heavy atom. The summed E-state index contributed by atoms with van der Waals surface area (Å²) < 4.78 is 0. The summed E-state index contributed by atoms with van der Waals surface area (Å²) in [5.74, 6) is 0.403. The van der Waals surface area contributed by atoms with Crippen molar-refractivity contribution in [2.75, 3.05) is 5.75 Å². The molecule has 5 nitrogen and oxygen atoms in total. The maximum absolute atomic E-state index is 11.6. The van der Waals surface area contributed by atoms with Gasteiger partial charge in [0.05, 0.1) is 17.6 Å². The molecule has 90 valence electrons. The summed E-state index contributed by atoms with van der Waals surface area (Å²) in [5.41, 5.74) is 1.62. The third kappa shape index (κ3) is 1.74. The Bertz CT molecular complexity index is 521. The van der Waals surface area contributed by atoms with E-state index in [-0.39, 0.29) is 5.91 Å². The van der Waals surface area contributed by atoms with E-state index >= 15 is 0 Å². The van der Waals surface area contributed by atoms with Crippen LogP contribution in [-0.2, 0) is 9.67 Å². The molecule has 0 spiro atoms. The third-order valence-corrected chi connectivity index (χ3v) is 4.11. The lowest BCUT2D eigenvalue weighted by Gasteiger charge is -2.27. The molecule has 0 radical (unpaired) electrons. The first-order valence-electron chi connectivity index (χ1n) is 5.43. The topological polar surface area (TPSA) is 67.8 Å². The Labute approximate surface area is 108 Å². The van der Waals surface area contributed by atoms with Crippen LogP contribution in [0.3, 0.4) is 0 Å². The minimum atomic E-state index is -0.667. The van der Waals surface area contributed by atoms with Crippen LogP contribution in [-0.4, -0.2) is 26.6 Å². The lowest BCUT2D eigenvalue weighted by atomic mass is 10.1. The van der Waals surface area contributed by atoms with Crippen molar-refractivity contribution in [1.29, 1.82) is 0 Å². The zero-order valence-electron chi connectivity index (χ0n) is 9.41. The molecule has 0 bridgehead atoms. The fourth-order valence-corrected chi connectivity index (χ4v) is 3.08. The van der Waals surface area contributed by atoms with Gasteiger partial charge in [0.2, 0.25) is 5.91 Å². The van der Waals surface area contributed by atoms with Crippen LogP contribution >= 0.6 is 11.8 Å². The monoisotopic (exact) mass is 258 g/mol. The van der Waals surface area contributed by atoms with E-state index in [1.807, 2.05) is 12.1 Å². The second kappa shape index (κ2) is 4.38. The first-order valence-corrected chi connectivity index (χ1v) is 6.42. The number of amides is 1. The van der Waals surface area contributed by atoms with E-state index in [1.54, 1.807) is 31.0 Å². The van der Waals surface area contributed by atoms with Crippen LogP contribution < -0.4 is 5.32 Å². The number of carbonyl (C=O) groups is 1. The largest absolute Gasteiger partial charge is 0.332 e. The zero-order chi connectivity index (χ0) is 12.4. The number of carbonyl (C=O) groups excluding carboxylic acids is 1. The van der Waals surface area contributed by atoms with Crippen molar-refractivity contribution in [3.05, 3.63) is 54.4 Å². The van der Waals surface area contributed by atoms with Crippen LogP contribution in [0.2, 0.25) is 0 Å². The van der Waals surface area contributed by atoms with Crippen molar-refractivity contribution in [1.82, 2.24) is 20.3 Å². The number of rotatable bonds is 2. The maximum atomic E-state index is 11.6. The van der Waals surface area contributed by atoms with Crippen LogP contribution in [0.4, 0.5) is 0 Å². The van der Waals surface area contributed by atoms with E-state index in [1.165, 1.54) is 11.8 Å². The molecule has 1 aliphatic rings.